The van der Waals surface area contributed by atoms with Crippen LogP contribution in [-0.4, -0.2) is 5.78 Å². The van der Waals surface area contributed by atoms with E-state index in [1.54, 1.807) is 30.3 Å². The van der Waals surface area contributed by atoms with Gasteiger partial charge >= 0.3 is 0 Å². The molecule has 5 heteroatoms. The Morgan fingerprint density at radius 2 is 1.78 bits per heavy atom. The summed E-state index contributed by atoms with van der Waals surface area (Å²) in [5, 5.41) is 0.304. The third kappa shape index (κ3) is 4.28. The standard InChI is InChI=1S/C27H24ClFO3/c1-16-23(31-15-20-21(28)6-5-7-22(20)29)13-12-19-25(30)24(32-26(16)19)14-17-8-10-18(11-9-17)27(2,3)4/h5-14H,15H2,1-4H3/b24-14-. The molecule has 164 valence electrons. The zero-order valence-electron chi connectivity index (χ0n) is 18.5. The number of hydrogen-bond donors (Lipinski definition) is 0. The van der Waals surface area contributed by atoms with Gasteiger partial charge in [-0.25, -0.2) is 4.39 Å². The first-order valence-electron chi connectivity index (χ1n) is 10.4. The van der Waals surface area contributed by atoms with Crippen molar-refractivity contribution in [3.8, 4) is 11.5 Å². The summed E-state index contributed by atoms with van der Waals surface area (Å²) in [6.45, 7) is 8.25. The first-order valence-corrected chi connectivity index (χ1v) is 10.8. The molecule has 3 aromatic carbocycles. The Balaban J connectivity index is 1.56. The molecule has 1 aliphatic heterocycles. The minimum absolute atomic E-state index is 0.0259. The van der Waals surface area contributed by atoms with Gasteiger partial charge in [0.2, 0.25) is 5.78 Å². The fraction of sp³-hybridized carbons (Fsp3) is 0.222. The van der Waals surface area contributed by atoms with Gasteiger partial charge in [0.25, 0.3) is 0 Å². The molecule has 0 spiro atoms. The molecule has 0 amide bonds. The van der Waals surface area contributed by atoms with E-state index in [9.17, 15) is 9.18 Å². The number of rotatable bonds is 4. The number of benzene rings is 3. The Morgan fingerprint density at radius 1 is 1.06 bits per heavy atom. The number of fused-ring (bicyclic) bond motifs is 1. The lowest BCUT2D eigenvalue weighted by atomic mass is 9.86. The van der Waals surface area contributed by atoms with E-state index >= 15 is 0 Å². The lowest BCUT2D eigenvalue weighted by molar-refractivity contribution is 0.101. The van der Waals surface area contributed by atoms with Crippen LogP contribution in [0.1, 0.15) is 53.4 Å². The molecular weight excluding hydrogens is 427 g/mol. The molecule has 0 saturated carbocycles. The van der Waals surface area contributed by atoms with Crippen LogP contribution >= 0.6 is 11.6 Å². The molecule has 3 nitrogen and oxygen atoms in total. The highest BCUT2D eigenvalue weighted by molar-refractivity contribution is 6.31. The van der Waals surface area contributed by atoms with Gasteiger partial charge in [-0.1, -0.05) is 62.7 Å². The predicted molar refractivity (Wildman–Crippen MR) is 125 cm³/mol. The summed E-state index contributed by atoms with van der Waals surface area (Å²) in [5.41, 5.74) is 3.60. The third-order valence-electron chi connectivity index (χ3n) is 5.54. The van der Waals surface area contributed by atoms with Crippen LogP contribution in [0.15, 0.2) is 60.4 Å². The molecule has 32 heavy (non-hydrogen) atoms. The van der Waals surface area contributed by atoms with E-state index in [0.29, 0.717) is 27.6 Å². The van der Waals surface area contributed by atoms with Crippen molar-refractivity contribution in [2.75, 3.05) is 0 Å². The molecule has 0 aromatic heterocycles. The summed E-state index contributed by atoms with van der Waals surface area (Å²) in [7, 11) is 0. The summed E-state index contributed by atoms with van der Waals surface area (Å²) >= 11 is 6.08. The van der Waals surface area contributed by atoms with Gasteiger partial charge in [-0.2, -0.15) is 0 Å². The highest BCUT2D eigenvalue weighted by Crippen LogP contribution is 2.39. The van der Waals surface area contributed by atoms with Crippen molar-refractivity contribution in [3.05, 3.63) is 99.0 Å². The minimum Gasteiger partial charge on any atom is -0.488 e. The second-order valence-electron chi connectivity index (χ2n) is 8.87. The molecule has 0 aliphatic carbocycles. The largest absolute Gasteiger partial charge is 0.488 e. The monoisotopic (exact) mass is 450 g/mol. The molecule has 0 radical (unpaired) electrons. The second-order valence-corrected chi connectivity index (χ2v) is 9.27. The Hall–Kier alpha value is -3.11. The third-order valence-corrected chi connectivity index (χ3v) is 5.90. The van der Waals surface area contributed by atoms with Gasteiger partial charge in [-0.15, -0.1) is 0 Å². The molecule has 0 saturated heterocycles. The van der Waals surface area contributed by atoms with Crippen molar-refractivity contribution in [3.63, 3.8) is 0 Å². The van der Waals surface area contributed by atoms with Crippen LogP contribution in [-0.2, 0) is 12.0 Å². The number of carbonyl (C=O) groups is 1. The van der Waals surface area contributed by atoms with Gasteiger partial charge in [-0.05, 0) is 53.8 Å². The van der Waals surface area contributed by atoms with Crippen LogP contribution in [0.4, 0.5) is 4.39 Å². The van der Waals surface area contributed by atoms with Crippen molar-refractivity contribution in [1.82, 2.24) is 0 Å². The zero-order chi connectivity index (χ0) is 23.0. The number of ketones is 1. The Labute approximate surface area is 192 Å². The molecule has 0 bridgehead atoms. The topological polar surface area (TPSA) is 35.5 Å². The number of halogens is 2. The molecule has 1 heterocycles. The number of Topliss-reactive ketones (excluding diaryl/α,β-unsaturated/α-hetero) is 1. The van der Waals surface area contributed by atoms with E-state index in [4.69, 9.17) is 21.1 Å². The molecular formula is C27H24ClFO3. The summed E-state index contributed by atoms with van der Waals surface area (Å²) in [6, 6.07) is 16.0. The maximum absolute atomic E-state index is 14.0. The van der Waals surface area contributed by atoms with Crippen LogP contribution in [0.3, 0.4) is 0 Å². The van der Waals surface area contributed by atoms with E-state index in [0.717, 1.165) is 5.56 Å². The van der Waals surface area contributed by atoms with Gasteiger partial charge < -0.3 is 9.47 Å². The Morgan fingerprint density at radius 3 is 2.44 bits per heavy atom. The van der Waals surface area contributed by atoms with Crippen molar-refractivity contribution >= 4 is 23.5 Å². The van der Waals surface area contributed by atoms with Crippen LogP contribution in [0.2, 0.25) is 5.02 Å². The number of carbonyl (C=O) groups excluding carboxylic acids is 1. The number of ether oxygens (including phenoxy) is 2. The van der Waals surface area contributed by atoms with Crippen LogP contribution in [0, 0.1) is 12.7 Å². The SMILES string of the molecule is Cc1c(OCc2c(F)cccc2Cl)ccc2c1O/C(=C\c1ccc(C(C)(C)C)cc1)C2=O. The van der Waals surface area contributed by atoms with E-state index in [-0.39, 0.29) is 29.1 Å². The van der Waals surface area contributed by atoms with Gasteiger partial charge in [0.15, 0.2) is 5.76 Å². The fourth-order valence-electron chi connectivity index (χ4n) is 3.58. The van der Waals surface area contributed by atoms with Crippen LogP contribution in [0.25, 0.3) is 6.08 Å². The van der Waals surface area contributed by atoms with Gasteiger partial charge in [-0.3, -0.25) is 4.79 Å². The molecule has 0 unspecified atom stereocenters. The van der Waals surface area contributed by atoms with Gasteiger partial charge in [0.1, 0.15) is 23.9 Å². The summed E-state index contributed by atoms with van der Waals surface area (Å²) in [5.74, 6) is 0.634. The van der Waals surface area contributed by atoms with E-state index in [2.05, 4.69) is 32.9 Å². The van der Waals surface area contributed by atoms with Gasteiger partial charge in [0.05, 0.1) is 10.6 Å². The zero-order valence-corrected chi connectivity index (χ0v) is 19.2. The van der Waals surface area contributed by atoms with E-state index in [1.807, 2.05) is 19.1 Å². The van der Waals surface area contributed by atoms with Crippen molar-refractivity contribution in [2.24, 2.45) is 0 Å². The highest BCUT2D eigenvalue weighted by Gasteiger charge is 2.30. The predicted octanol–water partition coefficient (Wildman–Crippen LogP) is 7.28. The van der Waals surface area contributed by atoms with Crippen molar-refractivity contribution in [2.45, 2.75) is 39.7 Å². The van der Waals surface area contributed by atoms with E-state index in [1.165, 1.54) is 11.6 Å². The van der Waals surface area contributed by atoms with Gasteiger partial charge in [0, 0.05) is 11.1 Å². The van der Waals surface area contributed by atoms with Crippen molar-refractivity contribution in [1.29, 1.82) is 0 Å². The molecule has 0 atom stereocenters. The molecule has 1 aliphatic rings. The second kappa shape index (κ2) is 8.44. The lowest BCUT2D eigenvalue weighted by Gasteiger charge is -2.18. The average Bonchev–Trinajstić information content (AvgIpc) is 3.05. The molecule has 4 rings (SSSR count). The first kappa shape index (κ1) is 22.1. The highest BCUT2D eigenvalue weighted by atomic mass is 35.5. The molecule has 0 fully saturated rings. The fourth-order valence-corrected chi connectivity index (χ4v) is 3.79. The lowest BCUT2D eigenvalue weighted by Crippen LogP contribution is -2.10. The minimum atomic E-state index is -0.426. The Bertz CT molecular complexity index is 1200. The molecule has 0 N–H and O–H groups in total. The number of hydrogen-bond acceptors (Lipinski definition) is 3. The summed E-state index contributed by atoms with van der Waals surface area (Å²) < 4.78 is 25.8. The maximum Gasteiger partial charge on any atom is 0.231 e. The first-order chi connectivity index (χ1) is 15.1. The normalized spacial score (nSPS) is 14.4. The van der Waals surface area contributed by atoms with E-state index < -0.39 is 5.82 Å². The average molecular weight is 451 g/mol. The maximum atomic E-state index is 14.0. The Kier molecular flexibility index (Phi) is 5.83. The van der Waals surface area contributed by atoms with Crippen LogP contribution in [0.5, 0.6) is 11.5 Å². The smallest absolute Gasteiger partial charge is 0.231 e. The van der Waals surface area contributed by atoms with Crippen molar-refractivity contribution < 1.29 is 18.7 Å². The van der Waals surface area contributed by atoms with Crippen LogP contribution < -0.4 is 9.47 Å². The summed E-state index contributed by atoms with van der Waals surface area (Å²) in [6.07, 6.45) is 1.74. The summed E-state index contributed by atoms with van der Waals surface area (Å²) in [4.78, 5) is 12.9. The molecule has 3 aromatic rings. The number of allylic oxidation sites excluding steroid dienone is 1. The quantitative estimate of drug-likeness (QED) is 0.392.